The fourth-order valence-corrected chi connectivity index (χ4v) is 2.16. The highest BCUT2D eigenvalue weighted by Gasteiger charge is 2.26. The third-order valence-electron chi connectivity index (χ3n) is 3.26. The Bertz CT molecular complexity index is 367. The average Bonchev–Trinajstić information content (AvgIpc) is 2.91. The van der Waals surface area contributed by atoms with Crippen molar-refractivity contribution in [2.75, 3.05) is 19.6 Å². The number of urea groups is 1. The van der Waals surface area contributed by atoms with Crippen LogP contribution in [0.4, 0.5) is 4.79 Å². The van der Waals surface area contributed by atoms with Crippen molar-refractivity contribution < 1.29 is 14.4 Å². The zero-order valence-corrected chi connectivity index (χ0v) is 12.4. The fourth-order valence-electron chi connectivity index (χ4n) is 2.16. The molecule has 0 spiro atoms. The Hall–Kier alpha value is -1.63. The van der Waals surface area contributed by atoms with Crippen molar-refractivity contribution in [1.82, 2.24) is 20.9 Å². The Morgan fingerprint density at radius 3 is 2.25 bits per heavy atom. The highest BCUT2D eigenvalue weighted by Crippen LogP contribution is 2.09. The summed E-state index contributed by atoms with van der Waals surface area (Å²) < 4.78 is 0. The van der Waals surface area contributed by atoms with Gasteiger partial charge in [-0.15, -0.1) is 0 Å². The second-order valence-electron chi connectivity index (χ2n) is 4.99. The number of carbonyl (C=O) groups excluding carboxylic acids is 3. The number of imide groups is 1. The van der Waals surface area contributed by atoms with Gasteiger partial charge in [0.25, 0.3) is 0 Å². The van der Waals surface area contributed by atoms with Gasteiger partial charge in [0.15, 0.2) is 0 Å². The minimum atomic E-state index is -0.612. The van der Waals surface area contributed by atoms with Crippen LogP contribution in [0.5, 0.6) is 0 Å². The first-order valence-corrected chi connectivity index (χ1v) is 7.09. The standard InChI is InChI=1S/C13H24N4O3/c1-4-14-13(20)16-11(18)9(2)15-10(3)12(19)17-7-5-6-8-17/h9-10,15H,4-8H2,1-3H3,(H2,14,16,18,20). The molecule has 1 aliphatic heterocycles. The minimum absolute atomic E-state index is 0.000148. The summed E-state index contributed by atoms with van der Waals surface area (Å²) >= 11 is 0. The molecule has 0 saturated carbocycles. The minimum Gasteiger partial charge on any atom is -0.341 e. The van der Waals surface area contributed by atoms with E-state index in [1.165, 1.54) is 0 Å². The van der Waals surface area contributed by atoms with Gasteiger partial charge < -0.3 is 10.2 Å². The Labute approximate surface area is 119 Å². The molecule has 0 aromatic rings. The lowest BCUT2D eigenvalue weighted by Crippen LogP contribution is -2.53. The molecule has 1 saturated heterocycles. The van der Waals surface area contributed by atoms with Crippen LogP contribution < -0.4 is 16.0 Å². The monoisotopic (exact) mass is 284 g/mol. The van der Waals surface area contributed by atoms with Gasteiger partial charge in [-0.3, -0.25) is 20.2 Å². The lowest BCUT2D eigenvalue weighted by molar-refractivity contribution is -0.132. The van der Waals surface area contributed by atoms with Crippen molar-refractivity contribution in [3.8, 4) is 0 Å². The van der Waals surface area contributed by atoms with Gasteiger partial charge in [-0.1, -0.05) is 0 Å². The Balaban J connectivity index is 2.39. The van der Waals surface area contributed by atoms with Crippen LogP contribution >= 0.6 is 0 Å². The van der Waals surface area contributed by atoms with E-state index >= 15 is 0 Å². The molecule has 1 rings (SSSR count). The largest absolute Gasteiger partial charge is 0.341 e. The van der Waals surface area contributed by atoms with Gasteiger partial charge >= 0.3 is 6.03 Å². The summed E-state index contributed by atoms with van der Waals surface area (Å²) in [6.07, 6.45) is 2.07. The van der Waals surface area contributed by atoms with Crippen molar-refractivity contribution in [2.45, 2.75) is 45.7 Å². The molecule has 4 amide bonds. The summed E-state index contributed by atoms with van der Waals surface area (Å²) in [7, 11) is 0. The predicted molar refractivity (Wildman–Crippen MR) is 75.1 cm³/mol. The Morgan fingerprint density at radius 2 is 1.70 bits per heavy atom. The molecule has 1 aliphatic rings. The summed E-state index contributed by atoms with van der Waals surface area (Å²) in [4.78, 5) is 36.9. The first-order chi connectivity index (χ1) is 9.45. The maximum atomic E-state index is 12.1. The van der Waals surface area contributed by atoms with Gasteiger partial charge in [0.1, 0.15) is 0 Å². The van der Waals surface area contributed by atoms with Gasteiger partial charge in [0.2, 0.25) is 11.8 Å². The van der Waals surface area contributed by atoms with Crippen LogP contribution in [-0.2, 0) is 9.59 Å². The van der Waals surface area contributed by atoms with Crippen LogP contribution in [0.15, 0.2) is 0 Å². The van der Waals surface area contributed by atoms with E-state index < -0.39 is 24.0 Å². The van der Waals surface area contributed by atoms with E-state index in [-0.39, 0.29) is 5.91 Å². The van der Waals surface area contributed by atoms with E-state index in [2.05, 4.69) is 16.0 Å². The van der Waals surface area contributed by atoms with Crippen molar-refractivity contribution in [3.05, 3.63) is 0 Å². The lowest BCUT2D eigenvalue weighted by atomic mass is 10.2. The van der Waals surface area contributed by atoms with Gasteiger partial charge in [0.05, 0.1) is 12.1 Å². The van der Waals surface area contributed by atoms with Crippen molar-refractivity contribution in [3.63, 3.8) is 0 Å². The predicted octanol–water partition coefficient (Wildman–Crippen LogP) is -0.179. The molecule has 1 heterocycles. The first kappa shape index (κ1) is 16.4. The van der Waals surface area contributed by atoms with Crippen LogP contribution in [0, 0.1) is 0 Å². The van der Waals surface area contributed by atoms with Crippen LogP contribution in [-0.4, -0.2) is 54.5 Å². The zero-order valence-electron chi connectivity index (χ0n) is 12.4. The highest BCUT2D eigenvalue weighted by molar-refractivity contribution is 5.97. The summed E-state index contributed by atoms with van der Waals surface area (Å²) in [5.41, 5.74) is 0. The molecule has 7 heteroatoms. The first-order valence-electron chi connectivity index (χ1n) is 7.09. The molecule has 0 aromatic carbocycles. The number of amides is 4. The third kappa shape index (κ3) is 4.80. The molecule has 0 radical (unpaired) electrons. The van der Waals surface area contributed by atoms with Crippen LogP contribution in [0.1, 0.15) is 33.6 Å². The molecular weight excluding hydrogens is 260 g/mol. The van der Waals surface area contributed by atoms with Crippen LogP contribution in [0.2, 0.25) is 0 Å². The number of hydrogen-bond donors (Lipinski definition) is 3. The van der Waals surface area contributed by atoms with E-state index in [0.717, 1.165) is 25.9 Å². The summed E-state index contributed by atoms with van der Waals surface area (Å²) in [5.74, 6) is -0.447. The molecular formula is C13H24N4O3. The fraction of sp³-hybridized carbons (Fsp3) is 0.769. The zero-order chi connectivity index (χ0) is 15.1. The number of likely N-dealkylation sites (tertiary alicyclic amines) is 1. The molecule has 2 unspecified atom stereocenters. The molecule has 1 fully saturated rings. The molecule has 20 heavy (non-hydrogen) atoms. The van der Waals surface area contributed by atoms with Gasteiger partial charge in [0, 0.05) is 19.6 Å². The van der Waals surface area contributed by atoms with Crippen LogP contribution in [0.25, 0.3) is 0 Å². The smallest absolute Gasteiger partial charge is 0.321 e. The molecule has 114 valence electrons. The molecule has 0 aliphatic carbocycles. The topological polar surface area (TPSA) is 90.5 Å². The van der Waals surface area contributed by atoms with E-state index in [0.29, 0.717) is 6.54 Å². The maximum Gasteiger partial charge on any atom is 0.321 e. The molecule has 0 bridgehead atoms. The quantitative estimate of drug-likeness (QED) is 0.653. The summed E-state index contributed by atoms with van der Waals surface area (Å²) in [6.45, 7) is 7.14. The van der Waals surface area contributed by atoms with E-state index in [4.69, 9.17) is 0 Å². The number of carbonyl (C=O) groups is 3. The molecule has 7 nitrogen and oxygen atoms in total. The lowest BCUT2D eigenvalue weighted by Gasteiger charge is -2.23. The molecule has 2 atom stereocenters. The Kier molecular flexibility index (Phi) is 6.44. The SMILES string of the molecule is CCNC(=O)NC(=O)C(C)NC(C)C(=O)N1CCCC1. The highest BCUT2D eigenvalue weighted by atomic mass is 16.2. The average molecular weight is 284 g/mol. The summed E-state index contributed by atoms with van der Waals surface area (Å²) in [6, 6.07) is -1.58. The second kappa shape index (κ2) is 7.84. The van der Waals surface area contributed by atoms with Gasteiger partial charge in [-0.05, 0) is 33.6 Å². The van der Waals surface area contributed by atoms with Gasteiger partial charge in [-0.25, -0.2) is 4.79 Å². The molecule has 3 N–H and O–H groups in total. The van der Waals surface area contributed by atoms with Crippen molar-refractivity contribution in [2.24, 2.45) is 0 Å². The maximum absolute atomic E-state index is 12.1. The number of rotatable bonds is 5. The number of nitrogens with one attached hydrogen (secondary N) is 3. The van der Waals surface area contributed by atoms with Crippen molar-refractivity contribution >= 4 is 17.8 Å². The van der Waals surface area contributed by atoms with E-state index in [9.17, 15) is 14.4 Å². The Morgan fingerprint density at radius 1 is 1.10 bits per heavy atom. The third-order valence-corrected chi connectivity index (χ3v) is 3.26. The van der Waals surface area contributed by atoms with Crippen LogP contribution in [0.3, 0.4) is 0 Å². The second-order valence-corrected chi connectivity index (χ2v) is 4.99. The normalized spacial score (nSPS) is 17.4. The van der Waals surface area contributed by atoms with E-state index in [1.54, 1.807) is 25.7 Å². The summed E-state index contributed by atoms with van der Waals surface area (Å²) in [5, 5.41) is 7.62. The number of hydrogen-bond acceptors (Lipinski definition) is 4. The van der Waals surface area contributed by atoms with Crippen molar-refractivity contribution in [1.29, 1.82) is 0 Å². The molecule has 0 aromatic heterocycles. The number of nitrogens with zero attached hydrogens (tertiary/aromatic N) is 1. The van der Waals surface area contributed by atoms with Gasteiger partial charge in [-0.2, -0.15) is 0 Å². The van der Waals surface area contributed by atoms with E-state index in [1.807, 2.05) is 0 Å².